The van der Waals surface area contributed by atoms with Gasteiger partial charge in [0.25, 0.3) is 0 Å². The Kier molecular flexibility index (Phi) is 5.41. The normalized spacial score (nSPS) is 10.4. The maximum Gasteiger partial charge on any atom is 0.132 e. The van der Waals surface area contributed by atoms with E-state index in [1.807, 2.05) is 60.7 Å². The Balaban J connectivity index is 1.78. The van der Waals surface area contributed by atoms with Crippen LogP contribution in [-0.2, 0) is 6.54 Å². The second-order valence-corrected chi connectivity index (χ2v) is 5.88. The van der Waals surface area contributed by atoms with Crippen LogP contribution < -0.4 is 14.8 Å². The lowest BCUT2D eigenvalue weighted by Crippen LogP contribution is -2.01. The number of aromatic nitrogens is 1. The molecule has 0 amide bonds. The number of benzene rings is 2. The van der Waals surface area contributed by atoms with Crippen LogP contribution in [0.4, 0.5) is 5.82 Å². The number of rotatable bonds is 6. The smallest absolute Gasteiger partial charge is 0.132 e. The van der Waals surface area contributed by atoms with Crippen LogP contribution in [0, 0.1) is 0 Å². The molecule has 3 aromatic rings. The molecule has 0 aliphatic heterocycles. The van der Waals surface area contributed by atoms with Gasteiger partial charge in [-0.1, -0.05) is 35.9 Å². The third-order valence-electron chi connectivity index (χ3n) is 3.83. The molecule has 0 aliphatic carbocycles. The summed E-state index contributed by atoms with van der Waals surface area (Å²) >= 11 is 6.20. The van der Waals surface area contributed by atoms with Crippen LogP contribution in [0.5, 0.6) is 11.5 Å². The fourth-order valence-electron chi connectivity index (χ4n) is 2.49. The first-order chi connectivity index (χ1) is 12.2. The molecule has 25 heavy (non-hydrogen) atoms. The van der Waals surface area contributed by atoms with E-state index >= 15 is 0 Å². The monoisotopic (exact) mass is 354 g/mol. The molecule has 2 aromatic carbocycles. The lowest BCUT2D eigenvalue weighted by atomic mass is 10.1. The molecular weight excluding hydrogens is 336 g/mol. The molecule has 0 fully saturated rings. The molecule has 0 saturated heterocycles. The van der Waals surface area contributed by atoms with Gasteiger partial charge in [0.05, 0.1) is 14.2 Å². The summed E-state index contributed by atoms with van der Waals surface area (Å²) in [6.45, 7) is 0.648. The van der Waals surface area contributed by atoms with Gasteiger partial charge < -0.3 is 14.8 Å². The minimum absolute atomic E-state index is 0.442. The van der Waals surface area contributed by atoms with Gasteiger partial charge in [-0.2, -0.15) is 0 Å². The van der Waals surface area contributed by atoms with Crippen LogP contribution >= 0.6 is 11.6 Å². The summed E-state index contributed by atoms with van der Waals surface area (Å²) < 4.78 is 10.5. The molecule has 1 heterocycles. The standard InChI is InChI=1S/C20H19ClN2O2/c1-24-17-8-6-14(7-9-17)13-22-20-12-16(11-19(21)23-20)15-4-3-5-18(10-15)25-2/h3-12H,13H2,1-2H3,(H,22,23). The third kappa shape index (κ3) is 4.43. The first kappa shape index (κ1) is 17.1. The quantitative estimate of drug-likeness (QED) is 0.630. The van der Waals surface area contributed by atoms with Gasteiger partial charge in [-0.15, -0.1) is 0 Å². The molecule has 1 aromatic heterocycles. The van der Waals surface area contributed by atoms with Gasteiger partial charge in [0.15, 0.2) is 0 Å². The zero-order chi connectivity index (χ0) is 17.6. The van der Waals surface area contributed by atoms with E-state index in [0.29, 0.717) is 11.7 Å². The molecule has 1 N–H and O–H groups in total. The fraction of sp³-hybridized carbons (Fsp3) is 0.150. The average molecular weight is 355 g/mol. The SMILES string of the molecule is COc1ccc(CNc2cc(-c3cccc(OC)c3)cc(Cl)n2)cc1. The van der Waals surface area contributed by atoms with E-state index in [1.54, 1.807) is 14.2 Å². The second-order valence-electron chi connectivity index (χ2n) is 5.50. The molecule has 0 unspecified atom stereocenters. The van der Waals surface area contributed by atoms with Crippen molar-refractivity contribution in [3.05, 3.63) is 71.4 Å². The zero-order valence-corrected chi connectivity index (χ0v) is 14.9. The predicted molar refractivity (Wildman–Crippen MR) is 102 cm³/mol. The highest BCUT2D eigenvalue weighted by atomic mass is 35.5. The van der Waals surface area contributed by atoms with Crippen LogP contribution in [-0.4, -0.2) is 19.2 Å². The lowest BCUT2D eigenvalue weighted by Gasteiger charge is -2.10. The summed E-state index contributed by atoms with van der Waals surface area (Å²) in [6.07, 6.45) is 0. The van der Waals surface area contributed by atoms with Crippen LogP contribution in [0.15, 0.2) is 60.7 Å². The number of ether oxygens (including phenoxy) is 2. The number of nitrogens with zero attached hydrogens (tertiary/aromatic N) is 1. The molecule has 0 radical (unpaired) electrons. The molecule has 0 saturated carbocycles. The van der Waals surface area contributed by atoms with Crippen molar-refractivity contribution in [2.75, 3.05) is 19.5 Å². The maximum atomic E-state index is 6.20. The van der Waals surface area contributed by atoms with Crippen molar-refractivity contribution in [2.45, 2.75) is 6.54 Å². The number of methoxy groups -OCH3 is 2. The van der Waals surface area contributed by atoms with Gasteiger partial charge in [0.2, 0.25) is 0 Å². The number of hydrogen-bond acceptors (Lipinski definition) is 4. The minimum atomic E-state index is 0.442. The molecule has 0 aliphatic rings. The van der Waals surface area contributed by atoms with E-state index in [2.05, 4.69) is 10.3 Å². The van der Waals surface area contributed by atoms with Crippen LogP contribution in [0.2, 0.25) is 5.15 Å². The van der Waals surface area contributed by atoms with Gasteiger partial charge in [-0.25, -0.2) is 4.98 Å². The highest BCUT2D eigenvalue weighted by molar-refractivity contribution is 6.29. The molecule has 0 spiro atoms. The Labute approximate surface area is 152 Å². The molecular formula is C20H19ClN2O2. The number of halogens is 1. The molecule has 3 rings (SSSR count). The maximum absolute atomic E-state index is 6.20. The number of pyridine rings is 1. The Morgan fingerprint density at radius 3 is 2.36 bits per heavy atom. The minimum Gasteiger partial charge on any atom is -0.497 e. The summed E-state index contributed by atoms with van der Waals surface area (Å²) in [4.78, 5) is 4.35. The number of nitrogens with one attached hydrogen (secondary N) is 1. The summed E-state index contributed by atoms with van der Waals surface area (Å²) in [5, 5.41) is 3.75. The van der Waals surface area contributed by atoms with Gasteiger partial charge >= 0.3 is 0 Å². The third-order valence-corrected chi connectivity index (χ3v) is 4.02. The van der Waals surface area contributed by atoms with Crippen molar-refractivity contribution >= 4 is 17.4 Å². The highest BCUT2D eigenvalue weighted by Gasteiger charge is 2.05. The van der Waals surface area contributed by atoms with Crippen molar-refractivity contribution < 1.29 is 9.47 Å². The van der Waals surface area contributed by atoms with Gasteiger partial charge in [-0.3, -0.25) is 0 Å². The first-order valence-corrected chi connectivity index (χ1v) is 8.24. The van der Waals surface area contributed by atoms with E-state index in [1.165, 1.54) is 0 Å². The van der Waals surface area contributed by atoms with Crippen molar-refractivity contribution in [3.8, 4) is 22.6 Å². The van der Waals surface area contributed by atoms with E-state index in [4.69, 9.17) is 21.1 Å². The first-order valence-electron chi connectivity index (χ1n) is 7.87. The zero-order valence-electron chi connectivity index (χ0n) is 14.1. The molecule has 4 nitrogen and oxygen atoms in total. The molecule has 0 bridgehead atoms. The summed E-state index contributed by atoms with van der Waals surface area (Å²) in [7, 11) is 3.31. The van der Waals surface area contributed by atoms with Crippen molar-refractivity contribution in [3.63, 3.8) is 0 Å². The Hall–Kier alpha value is -2.72. The topological polar surface area (TPSA) is 43.4 Å². The van der Waals surface area contributed by atoms with Crippen LogP contribution in [0.1, 0.15) is 5.56 Å². The van der Waals surface area contributed by atoms with Gasteiger partial charge in [0, 0.05) is 6.54 Å². The largest absolute Gasteiger partial charge is 0.497 e. The molecule has 128 valence electrons. The summed E-state index contributed by atoms with van der Waals surface area (Å²) in [5.41, 5.74) is 3.14. The van der Waals surface area contributed by atoms with Gasteiger partial charge in [-0.05, 0) is 53.1 Å². The van der Waals surface area contributed by atoms with Crippen LogP contribution in [0.3, 0.4) is 0 Å². The van der Waals surface area contributed by atoms with E-state index in [9.17, 15) is 0 Å². The Bertz CT molecular complexity index is 851. The van der Waals surface area contributed by atoms with Crippen molar-refractivity contribution in [1.29, 1.82) is 0 Å². The summed E-state index contributed by atoms with van der Waals surface area (Å²) in [6, 6.07) is 19.6. The Morgan fingerprint density at radius 2 is 1.64 bits per heavy atom. The van der Waals surface area contributed by atoms with Crippen molar-refractivity contribution in [2.24, 2.45) is 0 Å². The number of hydrogen-bond donors (Lipinski definition) is 1. The predicted octanol–water partition coefficient (Wildman–Crippen LogP) is 5.03. The average Bonchev–Trinajstić information content (AvgIpc) is 2.66. The van der Waals surface area contributed by atoms with E-state index in [-0.39, 0.29) is 0 Å². The molecule has 0 atom stereocenters. The highest BCUT2D eigenvalue weighted by Crippen LogP contribution is 2.27. The number of anilines is 1. The summed E-state index contributed by atoms with van der Waals surface area (Å²) in [5.74, 6) is 2.37. The van der Waals surface area contributed by atoms with Crippen LogP contribution in [0.25, 0.3) is 11.1 Å². The van der Waals surface area contributed by atoms with E-state index in [0.717, 1.165) is 34.0 Å². The lowest BCUT2D eigenvalue weighted by molar-refractivity contribution is 0.414. The molecule has 5 heteroatoms. The van der Waals surface area contributed by atoms with E-state index < -0.39 is 0 Å². The Morgan fingerprint density at radius 1 is 0.880 bits per heavy atom. The van der Waals surface area contributed by atoms with Gasteiger partial charge in [0.1, 0.15) is 22.5 Å². The second kappa shape index (κ2) is 7.90. The van der Waals surface area contributed by atoms with Crippen molar-refractivity contribution in [1.82, 2.24) is 4.98 Å². The fourth-order valence-corrected chi connectivity index (χ4v) is 2.70.